The van der Waals surface area contributed by atoms with E-state index >= 15 is 0 Å². The molecule has 0 aromatic heterocycles. The summed E-state index contributed by atoms with van der Waals surface area (Å²) >= 11 is 0. The number of methoxy groups -OCH3 is 1. The highest BCUT2D eigenvalue weighted by molar-refractivity contribution is 5.79. The summed E-state index contributed by atoms with van der Waals surface area (Å²) in [5, 5.41) is 0. The lowest BCUT2D eigenvalue weighted by Crippen LogP contribution is -2.31. The fourth-order valence-corrected chi connectivity index (χ4v) is 2.71. The molecule has 0 N–H and O–H groups in total. The van der Waals surface area contributed by atoms with Crippen molar-refractivity contribution >= 4 is 0 Å². The first-order chi connectivity index (χ1) is 11.1. The molecule has 0 fully saturated rings. The van der Waals surface area contributed by atoms with Crippen LogP contribution in [-0.2, 0) is 4.74 Å². The number of ether oxygens (including phenoxy) is 1. The Bertz CT molecular complexity index is 703. The summed E-state index contributed by atoms with van der Waals surface area (Å²) in [6, 6.07) is 14.6. The quantitative estimate of drug-likeness (QED) is 0.768. The Kier molecular flexibility index (Phi) is 1.44. The van der Waals surface area contributed by atoms with Crippen LogP contribution in [0.4, 0.5) is 0 Å². The maximum Gasteiger partial charge on any atom is 0.0731 e. The summed E-state index contributed by atoms with van der Waals surface area (Å²) < 4.78 is 53.3. The largest absolute Gasteiger partial charge is 0.378 e. The van der Waals surface area contributed by atoms with E-state index in [2.05, 4.69) is 0 Å². The average molecular weight is 244 g/mol. The molecule has 18 heavy (non-hydrogen) atoms. The molecule has 1 aliphatic carbocycles. The minimum Gasteiger partial charge on any atom is -0.378 e. The summed E-state index contributed by atoms with van der Waals surface area (Å²) in [6.07, 6.45) is 0. The molecule has 0 aliphatic heterocycles. The summed E-state index contributed by atoms with van der Waals surface area (Å²) in [7, 11) is 1.17. The third-order valence-corrected chi connectivity index (χ3v) is 3.56. The summed E-state index contributed by atoms with van der Waals surface area (Å²) in [5.41, 5.74) is 0.740. The van der Waals surface area contributed by atoms with Gasteiger partial charge in [-0.3, -0.25) is 0 Å². The van der Waals surface area contributed by atoms with Crippen molar-refractivity contribution in [2.45, 2.75) is 25.2 Å². The highest BCUT2D eigenvalue weighted by atomic mass is 16.5. The number of hydrogen-bond donors (Lipinski definition) is 0. The van der Waals surface area contributed by atoms with Crippen molar-refractivity contribution in [1.82, 2.24) is 0 Å². The monoisotopic (exact) mass is 244 g/mol. The Balaban J connectivity index is 2.38. The molecule has 1 nitrogen and oxygen atoms in total. The molecule has 0 atom stereocenters. The van der Waals surface area contributed by atoms with E-state index < -0.39 is 25.2 Å². The Hall–Kier alpha value is -1.60. The second-order valence-electron chi connectivity index (χ2n) is 4.55. The normalized spacial score (nSPS) is 20.7. The van der Waals surface area contributed by atoms with Gasteiger partial charge in [-0.2, -0.15) is 0 Å². The van der Waals surface area contributed by atoms with Crippen LogP contribution in [0.2, 0.25) is 0 Å². The van der Waals surface area contributed by atoms with E-state index in [1.807, 2.05) is 24.3 Å². The van der Waals surface area contributed by atoms with Gasteiger partial charge in [0.05, 0.1) is 5.60 Å². The number of benzene rings is 2. The summed E-state index contributed by atoms with van der Waals surface area (Å²) in [6.45, 7) is -5.66. The van der Waals surface area contributed by atoms with Crippen LogP contribution in [0, 0.1) is 0 Å². The molecule has 1 aliphatic rings. The van der Waals surface area contributed by atoms with Crippen molar-refractivity contribution in [3.8, 4) is 11.1 Å². The van der Waals surface area contributed by atoms with Crippen LogP contribution >= 0.6 is 0 Å². The van der Waals surface area contributed by atoms with E-state index in [9.17, 15) is 0 Å². The van der Waals surface area contributed by atoms with Gasteiger partial charge >= 0.3 is 0 Å². The van der Waals surface area contributed by atoms with Gasteiger partial charge in [-0.1, -0.05) is 48.5 Å². The predicted molar refractivity (Wildman–Crippen MR) is 74.8 cm³/mol. The smallest absolute Gasteiger partial charge is 0.0731 e. The first-order valence-corrected chi connectivity index (χ1v) is 5.88. The lowest BCUT2D eigenvalue weighted by Gasteiger charge is -2.31. The maximum absolute atomic E-state index is 7.99. The lowest BCUT2D eigenvalue weighted by molar-refractivity contribution is 0.00971. The van der Waals surface area contributed by atoms with Crippen molar-refractivity contribution in [3.63, 3.8) is 0 Å². The second kappa shape index (κ2) is 3.96. The van der Waals surface area contributed by atoms with Crippen LogP contribution in [-0.4, -0.2) is 12.7 Å². The van der Waals surface area contributed by atoms with Crippen molar-refractivity contribution in [2.75, 3.05) is 7.11 Å². The highest BCUT2D eigenvalue weighted by Gasteiger charge is 2.39. The van der Waals surface area contributed by atoms with Crippen LogP contribution in [0.25, 0.3) is 11.1 Å². The molecule has 0 saturated carbocycles. The van der Waals surface area contributed by atoms with Crippen molar-refractivity contribution in [1.29, 1.82) is 0 Å². The number of hydrogen-bond acceptors (Lipinski definition) is 1. The third-order valence-electron chi connectivity index (χ3n) is 3.56. The summed E-state index contributed by atoms with van der Waals surface area (Å²) in [4.78, 5) is 0. The fraction of sp³-hybridized carbons (Fsp3) is 0.294. The van der Waals surface area contributed by atoms with Gasteiger partial charge in [-0.15, -0.1) is 0 Å². The zero-order valence-corrected chi connectivity index (χ0v) is 10.1. The van der Waals surface area contributed by atoms with E-state index in [1.54, 1.807) is 24.3 Å². The van der Waals surface area contributed by atoms with E-state index in [1.165, 1.54) is 7.11 Å². The first kappa shape index (κ1) is 6.53. The summed E-state index contributed by atoms with van der Waals surface area (Å²) in [5.74, 6) is -0.894. The van der Waals surface area contributed by atoms with Gasteiger partial charge in [0.1, 0.15) is 0 Å². The molecule has 0 saturated heterocycles. The average Bonchev–Trinajstić information content (AvgIpc) is 2.82. The number of rotatable bonds is 2. The Morgan fingerprint density at radius 3 is 1.89 bits per heavy atom. The van der Waals surface area contributed by atoms with Gasteiger partial charge in [-0.25, -0.2) is 0 Å². The fourth-order valence-electron chi connectivity index (χ4n) is 2.71. The Labute approximate surface area is 117 Å². The topological polar surface area (TPSA) is 9.23 Å². The standard InChI is InChI=1S/C17H18O/c1-17(2,18-3)16-14-10-6-4-8-12(14)13-9-5-7-11-15(13)16/h4-11,16H,1-3H3/i1D3,2D3. The molecule has 92 valence electrons. The molecule has 0 heterocycles. The van der Waals surface area contributed by atoms with E-state index in [0.717, 1.165) is 11.1 Å². The molecule has 0 spiro atoms. The molecule has 0 bridgehead atoms. The van der Waals surface area contributed by atoms with Gasteiger partial charge in [0.15, 0.2) is 0 Å². The lowest BCUT2D eigenvalue weighted by atomic mass is 9.83. The van der Waals surface area contributed by atoms with Gasteiger partial charge < -0.3 is 4.74 Å². The molecule has 0 radical (unpaired) electrons. The van der Waals surface area contributed by atoms with Gasteiger partial charge in [0.2, 0.25) is 0 Å². The Morgan fingerprint density at radius 1 is 0.944 bits per heavy atom. The van der Waals surface area contributed by atoms with Crippen molar-refractivity contribution in [2.24, 2.45) is 0 Å². The Morgan fingerprint density at radius 2 is 1.44 bits per heavy atom. The molecule has 3 rings (SSSR count). The minimum atomic E-state index is -2.83. The van der Waals surface area contributed by atoms with Crippen LogP contribution in [0.3, 0.4) is 0 Å². The molecule has 0 amide bonds. The third kappa shape index (κ3) is 1.51. The number of fused-ring (bicyclic) bond motifs is 3. The van der Waals surface area contributed by atoms with Crippen molar-refractivity contribution in [3.05, 3.63) is 59.7 Å². The molecular weight excluding hydrogens is 220 g/mol. The van der Waals surface area contributed by atoms with Crippen LogP contribution in [0.5, 0.6) is 0 Å². The van der Waals surface area contributed by atoms with Gasteiger partial charge in [0.25, 0.3) is 0 Å². The van der Waals surface area contributed by atoms with E-state index in [4.69, 9.17) is 13.0 Å². The zero-order valence-electron chi connectivity index (χ0n) is 16.1. The highest BCUT2D eigenvalue weighted by Crippen LogP contribution is 2.49. The van der Waals surface area contributed by atoms with Crippen LogP contribution in [0.15, 0.2) is 48.5 Å². The molecule has 0 unspecified atom stereocenters. The van der Waals surface area contributed by atoms with Gasteiger partial charge in [-0.05, 0) is 36.0 Å². The zero-order chi connectivity index (χ0) is 17.8. The molecule has 2 aromatic carbocycles. The van der Waals surface area contributed by atoms with Gasteiger partial charge in [0, 0.05) is 21.3 Å². The predicted octanol–water partition coefficient (Wildman–Crippen LogP) is 4.22. The molecular formula is C17H18O. The first-order valence-electron chi connectivity index (χ1n) is 8.88. The SMILES string of the molecule is [2H]C([2H])([2H])C(OC)(C1c2ccccc2-c2ccccc21)C([2H])([2H])[2H]. The van der Waals surface area contributed by atoms with Crippen molar-refractivity contribution < 1.29 is 13.0 Å². The second-order valence-corrected chi connectivity index (χ2v) is 4.55. The maximum atomic E-state index is 7.99. The molecule has 2 aromatic rings. The molecule has 1 heteroatoms. The van der Waals surface area contributed by atoms with Crippen LogP contribution in [0.1, 0.15) is 39.0 Å². The minimum absolute atomic E-state index is 0.674. The van der Waals surface area contributed by atoms with Crippen LogP contribution < -0.4 is 0 Å². The van der Waals surface area contributed by atoms with E-state index in [-0.39, 0.29) is 0 Å². The van der Waals surface area contributed by atoms with E-state index in [0.29, 0.717) is 11.1 Å².